The van der Waals surface area contributed by atoms with Gasteiger partial charge in [0, 0.05) is 18.0 Å². The quantitative estimate of drug-likeness (QED) is 0.742. The molecule has 0 aliphatic carbocycles. The Labute approximate surface area is 134 Å². The Morgan fingerprint density at radius 1 is 1.29 bits per heavy atom. The average Bonchev–Trinajstić information content (AvgIpc) is 2.84. The summed E-state index contributed by atoms with van der Waals surface area (Å²) in [6.45, 7) is 5.99. The Balaban J connectivity index is 2.37. The Morgan fingerprint density at radius 2 is 2.00 bits per heavy atom. The maximum atomic E-state index is 12.8. The number of nitrogens with zero attached hydrogens (tertiary/aromatic N) is 1. The van der Waals surface area contributed by atoms with Crippen molar-refractivity contribution in [3.63, 3.8) is 0 Å². The van der Waals surface area contributed by atoms with Gasteiger partial charge >= 0.3 is 0 Å². The normalized spacial score (nSPS) is 11.8. The molecule has 0 radical (unpaired) electrons. The van der Waals surface area contributed by atoms with Gasteiger partial charge in [-0.05, 0) is 30.7 Å². The molecular weight excluding hydrogens is 326 g/mol. The van der Waals surface area contributed by atoms with Crippen LogP contribution < -0.4 is 0 Å². The van der Waals surface area contributed by atoms with E-state index in [0.29, 0.717) is 15.8 Å². The highest BCUT2D eigenvalue weighted by Crippen LogP contribution is 2.26. The van der Waals surface area contributed by atoms with E-state index in [-0.39, 0.29) is 6.54 Å². The average molecular weight is 342 g/mol. The second-order valence-electron chi connectivity index (χ2n) is 4.56. The van der Waals surface area contributed by atoms with E-state index < -0.39 is 10.0 Å². The Kier molecular flexibility index (Phi) is 5.22. The SMILES string of the molecule is C=CCN(Cc1ccc(Cl)s1)S(=O)(=O)c1ccccc1C. The summed E-state index contributed by atoms with van der Waals surface area (Å²) in [7, 11) is -3.56. The smallest absolute Gasteiger partial charge is 0.207 e. The molecule has 0 aliphatic rings. The van der Waals surface area contributed by atoms with Crippen molar-refractivity contribution in [2.75, 3.05) is 6.54 Å². The second-order valence-corrected chi connectivity index (χ2v) is 8.26. The van der Waals surface area contributed by atoms with E-state index in [1.807, 2.05) is 12.1 Å². The van der Waals surface area contributed by atoms with E-state index in [9.17, 15) is 8.42 Å². The fourth-order valence-electron chi connectivity index (χ4n) is 1.99. The van der Waals surface area contributed by atoms with Crippen molar-refractivity contribution in [2.24, 2.45) is 0 Å². The molecule has 21 heavy (non-hydrogen) atoms. The van der Waals surface area contributed by atoms with Crippen molar-refractivity contribution in [1.29, 1.82) is 0 Å². The lowest BCUT2D eigenvalue weighted by Gasteiger charge is -2.21. The molecule has 1 aromatic carbocycles. The van der Waals surface area contributed by atoms with Crippen LogP contribution >= 0.6 is 22.9 Å². The number of hydrogen-bond donors (Lipinski definition) is 0. The van der Waals surface area contributed by atoms with Crippen LogP contribution in [0.4, 0.5) is 0 Å². The summed E-state index contributed by atoms with van der Waals surface area (Å²) in [5.74, 6) is 0. The molecule has 0 saturated carbocycles. The number of rotatable bonds is 6. The van der Waals surface area contributed by atoms with E-state index in [0.717, 1.165) is 10.4 Å². The first kappa shape index (κ1) is 16.2. The zero-order valence-corrected chi connectivity index (χ0v) is 14.0. The van der Waals surface area contributed by atoms with Crippen LogP contribution in [-0.4, -0.2) is 19.3 Å². The summed E-state index contributed by atoms with van der Waals surface area (Å²) < 4.78 is 27.7. The molecule has 112 valence electrons. The summed E-state index contributed by atoms with van der Waals surface area (Å²) in [6, 6.07) is 10.6. The van der Waals surface area contributed by atoms with Crippen LogP contribution in [0, 0.1) is 6.92 Å². The van der Waals surface area contributed by atoms with Crippen LogP contribution in [0.1, 0.15) is 10.4 Å². The maximum absolute atomic E-state index is 12.8. The van der Waals surface area contributed by atoms with Crippen molar-refractivity contribution in [1.82, 2.24) is 4.31 Å². The number of sulfonamides is 1. The van der Waals surface area contributed by atoms with Crippen molar-refractivity contribution in [3.8, 4) is 0 Å². The van der Waals surface area contributed by atoms with Gasteiger partial charge in [-0.1, -0.05) is 35.9 Å². The summed E-state index contributed by atoms with van der Waals surface area (Å²) in [5.41, 5.74) is 0.732. The summed E-state index contributed by atoms with van der Waals surface area (Å²) in [6.07, 6.45) is 1.59. The fourth-order valence-corrected chi connectivity index (χ4v) is 4.79. The van der Waals surface area contributed by atoms with Gasteiger partial charge in [0.2, 0.25) is 10.0 Å². The van der Waals surface area contributed by atoms with E-state index in [4.69, 9.17) is 11.6 Å². The largest absolute Gasteiger partial charge is 0.243 e. The molecule has 0 saturated heterocycles. The van der Waals surface area contributed by atoms with E-state index in [1.54, 1.807) is 37.3 Å². The zero-order valence-electron chi connectivity index (χ0n) is 11.6. The van der Waals surface area contributed by atoms with Gasteiger partial charge in [-0.3, -0.25) is 0 Å². The second kappa shape index (κ2) is 6.75. The van der Waals surface area contributed by atoms with Crippen molar-refractivity contribution in [3.05, 3.63) is 63.8 Å². The first-order chi connectivity index (χ1) is 9.95. The molecule has 0 bridgehead atoms. The van der Waals surface area contributed by atoms with Crippen LogP contribution in [0.5, 0.6) is 0 Å². The van der Waals surface area contributed by atoms with Crippen LogP contribution in [0.2, 0.25) is 4.34 Å². The minimum absolute atomic E-state index is 0.256. The highest BCUT2D eigenvalue weighted by atomic mass is 35.5. The molecule has 0 unspecified atom stereocenters. The Bertz CT molecular complexity index is 738. The number of thiophene rings is 1. The van der Waals surface area contributed by atoms with Gasteiger partial charge in [0.05, 0.1) is 9.23 Å². The molecule has 0 fully saturated rings. The molecule has 0 N–H and O–H groups in total. The van der Waals surface area contributed by atoms with Gasteiger partial charge in [-0.25, -0.2) is 8.42 Å². The molecular formula is C15H16ClNO2S2. The molecule has 2 aromatic rings. The lowest BCUT2D eigenvalue weighted by molar-refractivity contribution is 0.441. The summed E-state index contributed by atoms with van der Waals surface area (Å²) in [5, 5.41) is 0. The third-order valence-electron chi connectivity index (χ3n) is 3.01. The zero-order chi connectivity index (χ0) is 15.5. The molecule has 6 heteroatoms. The van der Waals surface area contributed by atoms with Gasteiger partial charge < -0.3 is 0 Å². The van der Waals surface area contributed by atoms with Gasteiger partial charge in [0.15, 0.2) is 0 Å². The van der Waals surface area contributed by atoms with Crippen molar-refractivity contribution >= 4 is 33.0 Å². The Hall–Kier alpha value is -1.14. The van der Waals surface area contributed by atoms with Gasteiger partial charge in [-0.2, -0.15) is 4.31 Å². The van der Waals surface area contributed by atoms with E-state index >= 15 is 0 Å². The third kappa shape index (κ3) is 3.74. The Morgan fingerprint density at radius 3 is 2.57 bits per heavy atom. The lowest BCUT2D eigenvalue weighted by Crippen LogP contribution is -2.31. The summed E-state index contributed by atoms with van der Waals surface area (Å²) >= 11 is 7.29. The molecule has 0 aliphatic heterocycles. The lowest BCUT2D eigenvalue weighted by atomic mass is 10.2. The topological polar surface area (TPSA) is 37.4 Å². The molecule has 2 rings (SSSR count). The van der Waals surface area contributed by atoms with Crippen LogP contribution in [0.3, 0.4) is 0 Å². The maximum Gasteiger partial charge on any atom is 0.243 e. The number of aryl methyl sites for hydroxylation is 1. The highest BCUT2D eigenvalue weighted by Gasteiger charge is 2.25. The molecule has 0 spiro atoms. The summed E-state index contributed by atoms with van der Waals surface area (Å²) in [4.78, 5) is 1.23. The van der Waals surface area contributed by atoms with Gasteiger partial charge in [-0.15, -0.1) is 17.9 Å². The van der Waals surface area contributed by atoms with Crippen LogP contribution in [0.25, 0.3) is 0 Å². The predicted octanol–water partition coefficient (Wildman–Crippen LogP) is 4.09. The van der Waals surface area contributed by atoms with Crippen LogP contribution in [0.15, 0.2) is 53.9 Å². The van der Waals surface area contributed by atoms with Crippen LogP contribution in [-0.2, 0) is 16.6 Å². The first-order valence-corrected chi connectivity index (χ1v) is 8.99. The third-order valence-corrected chi connectivity index (χ3v) is 6.19. The monoisotopic (exact) mass is 341 g/mol. The molecule has 1 heterocycles. The molecule has 0 atom stereocenters. The number of hydrogen-bond acceptors (Lipinski definition) is 3. The standard InChI is InChI=1S/C15H16ClNO2S2/c1-3-10-17(11-13-8-9-15(16)20-13)21(18,19)14-7-5-4-6-12(14)2/h3-9H,1,10-11H2,2H3. The van der Waals surface area contributed by atoms with Crippen molar-refractivity contribution < 1.29 is 8.42 Å². The fraction of sp³-hybridized carbons (Fsp3) is 0.200. The first-order valence-electron chi connectivity index (χ1n) is 6.36. The molecule has 3 nitrogen and oxygen atoms in total. The minimum Gasteiger partial charge on any atom is -0.207 e. The number of benzene rings is 1. The molecule has 0 amide bonds. The van der Waals surface area contributed by atoms with E-state index in [1.165, 1.54) is 15.6 Å². The van der Waals surface area contributed by atoms with E-state index in [2.05, 4.69) is 6.58 Å². The van der Waals surface area contributed by atoms with Gasteiger partial charge in [0.1, 0.15) is 0 Å². The highest BCUT2D eigenvalue weighted by molar-refractivity contribution is 7.89. The minimum atomic E-state index is -3.56. The van der Waals surface area contributed by atoms with Crippen molar-refractivity contribution in [2.45, 2.75) is 18.4 Å². The molecule has 1 aromatic heterocycles. The predicted molar refractivity (Wildman–Crippen MR) is 88.3 cm³/mol. The number of halogens is 1. The van der Waals surface area contributed by atoms with Gasteiger partial charge in [0.25, 0.3) is 0 Å².